The molecule has 1 unspecified atom stereocenters. The molecule has 300 valence electrons. The van der Waals surface area contributed by atoms with E-state index in [1.807, 2.05) is 20.8 Å². The van der Waals surface area contributed by atoms with Crippen molar-refractivity contribution in [2.24, 2.45) is 21.6 Å². The van der Waals surface area contributed by atoms with Crippen molar-refractivity contribution in [1.29, 1.82) is 0 Å². The third-order valence-electron chi connectivity index (χ3n) is 7.54. The lowest BCUT2D eigenvalue weighted by Gasteiger charge is -2.21. The summed E-state index contributed by atoms with van der Waals surface area (Å²) in [5.74, 6) is -2.74. The standard InChI is InChI=1S/C37H45FN8O10/c1-8-52-31(48)37(5,6)32(49)55-21-56-34-44-30(45-46(34)33-40-14-9-15-41-33)28(25-18-24(51-7)19-26(27(25)38)53-17-16-47)42-23-12-10-22(11-13-23)29(39)43-35(50)54-20-36(2,3)4/h9-15,18-19,28,42,47H,8,16-17,20-21H2,1-7H3,(H2,39,43,50). The van der Waals surface area contributed by atoms with E-state index < -0.39 is 42.1 Å². The van der Waals surface area contributed by atoms with Gasteiger partial charge in [0.2, 0.25) is 6.79 Å². The highest BCUT2D eigenvalue weighted by molar-refractivity contribution is 6.03. The predicted octanol–water partition coefficient (Wildman–Crippen LogP) is 4.13. The largest absolute Gasteiger partial charge is 0.497 e. The van der Waals surface area contributed by atoms with Crippen LogP contribution in [0.15, 0.2) is 59.9 Å². The minimum Gasteiger partial charge on any atom is -0.497 e. The average Bonchev–Trinajstić information content (AvgIpc) is 3.60. The summed E-state index contributed by atoms with van der Waals surface area (Å²) in [5, 5.41) is 17.1. The number of benzene rings is 2. The fourth-order valence-electron chi connectivity index (χ4n) is 4.61. The summed E-state index contributed by atoms with van der Waals surface area (Å²) < 4.78 is 49.5. The Morgan fingerprint density at radius 1 is 1.00 bits per heavy atom. The zero-order valence-corrected chi connectivity index (χ0v) is 32.1. The van der Waals surface area contributed by atoms with Gasteiger partial charge in [0.1, 0.15) is 24.2 Å². The van der Waals surface area contributed by atoms with E-state index in [1.54, 1.807) is 37.3 Å². The molecule has 0 saturated heterocycles. The first-order valence-electron chi connectivity index (χ1n) is 17.3. The van der Waals surface area contributed by atoms with Gasteiger partial charge in [0.05, 0.1) is 26.9 Å². The molecule has 1 atom stereocenters. The molecule has 2 aromatic heterocycles. The Hall–Kier alpha value is -6.37. The zero-order chi connectivity index (χ0) is 41.0. The number of anilines is 1. The van der Waals surface area contributed by atoms with Gasteiger partial charge in [0, 0.05) is 35.3 Å². The molecule has 2 aromatic carbocycles. The monoisotopic (exact) mass is 780 g/mol. The highest BCUT2D eigenvalue weighted by Gasteiger charge is 2.39. The number of aliphatic hydroxyl groups excluding tert-OH is 1. The summed E-state index contributed by atoms with van der Waals surface area (Å²) in [5.41, 5.74) is 4.94. The van der Waals surface area contributed by atoms with Gasteiger partial charge in [-0.2, -0.15) is 9.98 Å². The van der Waals surface area contributed by atoms with Crippen LogP contribution >= 0.6 is 0 Å². The highest BCUT2D eigenvalue weighted by Crippen LogP contribution is 2.36. The number of methoxy groups -OCH3 is 1. The molecule has 0 bridgehead atoms. The Balaban J connectivity index is 1.75. The quantitative estimate of drug-likeness (QED) is 0.0341. The van der Waals surface area contributed by atoms with E-state index in [2.05, 4.69) is 30.4 Å². The molecule has 0 aliphatic carbocycles. The highest BCUT2D eigenvalue weighted by atomic mass is 19.1. The lowest BCUT2D eigenvalue weighted by atomic mass is 9.94. The molecule has 2 heterocycles. The average molecular weight is 781 g/mol. The number of halogens is 1. The summed E-state index contributed by atoms with van der Waals surface area (Å²) >= 11 is 0. The Bertz CT molecular complexity index is 2000. The van der Waals surface area contributed by atoms with Crippen molar-refractivity contribution in [3.05, 3.63) is 77.6 Å². The van der Waals surface area contributed by atoms with Gasteiger partial charge in [-0.15, -0.1) is 9.78 Å². The number of aliphatic hydroxyl groups is 1. The number of esters is 2. The number of nitrogens with one attached hydrogen (secondary N) is 1. The van der Waals surface area contributed by atoms with Crippen LogP contribution in [0.25, 0.3) is 5.95 Å². The number of hydrogen-bond donors (Lipinski definition) is 3. The minimum atomic E-state index is -1.64. The molecule has 56 heavy (non-hydrogen) atoms. The Kier molecular flexibility index (Phi) is 14.2. The number of nitrogens with zero attached hydrogens (tertiary/aromatic N) is 6. The first-order chi connectivity index (χ1) is 26.6. The Morgan fingerprint density at radius 2 is 1.68 bits per heavy atom. The number of carbonyl (C=O) groups excluding carboxylic acids is 3. The lowest BCUT2D eigenvalue weighted by molar-refractivity contribution is -0.173. The maximum absolute atomic E-state index is 16.3. The first-order valence-corrected chi connectivity index (χ1v) is 17.3. The number of carbonyl (C=O) groups is 3. The summed E-state index contributed by atoms with van der Waals surface area (Å²) in [6.07, 6.45) is 2.05. The van der Waals surface area contributed by atoms with Crippen molar-refractivity contribution in [2.45, 2.75) is 47.6 Å². The van der Waals surface area contributed by atoms with E-state index in [-0.39, 0.29) is 72.5 Å². The van der Waals surface area contributed by atoms with Gasteiger partial charge in [-0.25, -0.2) is 19.2 Å². The molecule has 1 amide bonds. The van der Waals surface area contributed by atoms with E-state index in [0.717, 1.165) is 4.68 Å². The molecule has 4 rings (SSSR count). The van der Waals surface area contributed by atoms with Crippen molar-refractivity contribution < 1.29 is 52.3 Å². The maximum Gasteiger partial charge on any atom is 0.435 e. The Morgan fingerprint density at radius 3 is 2.30 bits per heavy atom. The third kappa shape index (κ3) is 11.1. The number of ether oxygens (including phenoxy) is 6. The fourth-order valence-corrected chi connectivity index (χ4v) is 4.61. The number of aromatic nitrogens is 5. The number of amides is 1. The maximum atomic E-state index is 16.3. The van der Waals surface area contributed by atoms with Crippen LogP contribution < -0.4 is 25.3 Å². The van der Waals surface area contributed by atoms with Crippen LogP contribution in [0.4, 0.5) is 14.9 Å². The van der Waals surface area contributed by atoms with Gasteiger partial charge in [0.25, 0.3) is 5.95 Å². The van der Waals surface area contributed by atoms with Gasteiger partial charge in [-0.1, -0.05) is 20.8 Å². The molecular formula is C37H45FN8O10. The topological polar surface area (TPSA) is 234 Å². The molecule has 19 heteroatoms. The van der Waals surface area contributed by atoms with E-state index >= 15 is 4.39 Å². The molecule has 4 N–H and O–H groups in total. The fraction of sp³-hybridized carbons (Fsp3) is 0.405. The van der Waals surface area contributed by atoms with Crippen LogP contribution in [0.3, 0.4) is 0 Å². The molecule has 0 aliphatic heterocycles. The van der Waals surface area contributed by atoms with Crippen LogP contribution in [0, 0.1) is 16.6 Å². The number of rotatable bonds is 17. The summed E-state index contributed by atoms with van der Waals surface area (Å²) in [6.45, 7) is 8.92. The normalized spacial score (nSPS) is 12.3. The first kappa shape index (κ1) is 42.4. The molecule has 4 aromatic rings. The van der Waals surface area contributed by atoms with Crippen molar-refractivity contribution in [1.82, 2.24) is 24.7 Å². The summed E-state index contributed by atoms with van der Waals surface area (Å²) in [6, 6.07) is 9.18. The summed E-state index contributed by atoms with van der Waals surface area (Å²) in [7, 11) is 1.38. The molecule has 0 spiro atoms. The van der Waals surface area contributed by atoms with Crippen LogP contribution in [0.5, 0.6) is 17.5 Å². The van der Waals surface area contributed by atoms with E-state index in [4.69, 9.17) is 34.2 Å². The zero-order valence-electron chi connectivity index (χ0n) is 32.1. The van der Waals surface area contributed by atoms with Crippen LogP contribution in [0.2, 0.25) is 0 Å². The van der Waals surface area contributed by atoms with Crippen molar-refractivity contribution in [3.8, 4) is 23.5 Å². The van der Waals surface area contributed by atoms with Crippen molar-refractivity contribution >= 4 is 29.6 Å². The van der Waals surface area contributed by atoms with E-state index in [1.165, 1.54) is 45.5 Å². The number of nitrogens with two attached hydrogens (primary N) is 1. The van der Waals surface area contributed by atoms with Crippen LogP contribution in [0.1, 0.15) is 64.5 Å². The Labute approximate surface area is 322 Å². The summed E-state index contributed by atoms with van der Waals surface area (Å²) in [4.78, 5) is 54.2. The van der Waals surface area contributed by atoms with Gasteiger partial charge in [-0.3, -0.25) is 9.59 Å². The lowest BCUT2D eigenvalue weighted by Crippen LogP contribution is -2.37. The van der Waals surface area contributed by atoms with E-state index in [0.29, 0.717) is 11.3 Å². The van der Waals surface area contributed by atoms with Crippen molar-refractivity contribution in [2.75, 3.05) is 45.6 Å². The smallest absolute Gasteiger partial charge is 0.435 e. The van der Waals surface area contributed by atoms with Gasteiger partial charge < -0.3 is 44.6 Å². The molecular weight excluding hydrogens is 735 g/mol. The van der Waals surface area contributed by atoms with E-state index in [9.17, 15) is 19.5 Å². The number of aliphatic imine (C=N–C) groups is 1. The number of amidine groups is 1. The molecule has 0 saturated carbocycles. The number of hydrogen-bond acceptors (Lipinski definition) is 15. The van der Waals surface area contributed by atoms with Gasteiger partial charge >= 0.3 is 24.0 Å². The molecule has 0 radical (unpaired) electrons. The second-order valence-electron chi connectivity index (χ2n) is 13.6. The molecule has 18 nitrogen and oxygen atoms in total. The van der Waals surface area contributed by atoms with Crippen molar-refractivity contribution in [3.63, 3.8) is 0 Å². The molecule has 0 aliphatic rings. The van der Waals surface area contributed by atoms with Gasteiger partial charge in [-0.05, 0) is 62.6 Å². The second kappa shape index (κ2) is 18.8. The second-order valence-corrected chi connectivity index (χ2v) is 13.6. The minimum absolute atomic E-state index is 0.00333. The van der Waals surface area contributed by atoms with Crippen LogP contribution in [-0.2, 0) is 23.8 Å². The SMILES string of the molecule is CCOC(=O)C(C)(C)C(=O)OCOc1nc(C(Nc2ccc(C(N)=NC(=O)OCC(C)(C)C)cc2)c2cc(OC)cc(OCCO)c2F)nn1-c1ncccn1. The molecule has 0 fully saturated rings. The third-order valence-corrected chi connectivity index (χ3v) is 7.54. The van der Waals surface area contributed by atoms with Gasteiger partial charge in [0.15, 0.2) is 22.8 Å². The predicted molar refractivity (Wildman–Crippen MR) is 198 cm³/mol. The van der Waals surface area contributed by atoms with Crippen LogP contribution in [-0.4, -0.2) is 94.0 Å².